The van der Waals surface area contributed by atoms with Gasteiger partial charge in [-0.3, -0.25) is 0 Å². The minimum Gasteiger partial charge on any atom is -0.494 e. The third kappa shape index (κ3) is 5.98. The highest BCUT2D eigenvalue weighted by Crippen LogP contribution is 2.11. The van der Waals surface area contributed by atoms with Gasteiger partial charge >= 0.3 is 6.03 Å². The van der Waals surface area contributed by atoms with E-state index in [4.69, 9.17) is 4.74 Å². The normalized spacial score (nSPS) is 11.6. The first-order valence-electron chi connectivity index (χ1n) is 7.63. The number of rotatable bonds is 7. The first-order chi connectivity index (χ1) is 11.1. The third-order valence-electron chi connectivity index (χ3n) is 3.34. The van der Waals surface area contributed by atoms with Crippen LogP contribution in [0.4, 0.5) is 9.18 Å². The lowest BCUT2D eigenvalue weighted by molar-refractivity contribution is 0.236. The first-order valence-corrected chi connectivity index (χ1v) is 7.63. The maximum atomic E-state index is 12.7. The molecule has 0 aromatic heterocycles. The maximum Gasteiger partial charge on any atom is 0.315 e. The highest BCUT2D eigenvalue weighted by atomic mass is 19.1. The lowest BCUT2D eigenvalue weighted by atomic mass is 10.1. The van der Waals surface area contributed by atoms with Crippen molar-refractivity contribution < 1.29 is 13.9 Å². The minimum atomic E-state index is -0.289. The number of hydrogen-bond acceptors (Lipinski definition) is 2. The van der Waals surface area contributed by atoms with Gasteiger partial charge < -0.3 is 15.4 Å². The smallest absolute Gasteiger partial charge is 0.315 e. The second-order valence-electron chi connectivity index (χ2n) is 5.19. The Bertz CT molecular complexity index is 602. The van der Waals surface area contributed by atoms with Crippen molar-refractivity contribution in [3.05, 3.63) is 66.0 Å². The molecule has 0 saturated heterocycles. The van der Waals surface area contributed by atoms with Gasteiger partial charge in [-0.15, -0.1) is 0 Å². The van der Waals surface area contributed by atoms with E-state index in [9.17, 15) is 9.18 Å². The molecule has 1 unspecified atom stereocenters. The molecule has 0 radical (unpaired) electrons. The number of hydrogen-bond donors (Lipinski definition) is 2. The number of benzene rings is 2. The molecule has 4 nitrogen and oxygen atoms in total. The fourth-order valence-corrected chi connectivity index (χ4v) is 2.07. The molecule has 2 aromatic carbocycles. The first kappa shape index (κ1) is 16.8. The molecule has 2 amide bonds. The van der Waals surface area contributed by atoms with E-state index in [2.05, 4.69) is 10.6 Å². The summed E-state index contributed by atoms with van der Waals surface area (Å²) in [6.07, 6.45) is 0.671. The van der Waals surface area contributed by atoms with Gasteiger partial charge in [0.05, 0.1) is 12.6 Å². The predicted octanol–water partition coefficient (Wildman–Crippen LogP) is 3.66. The summed E-state index contributed by atoms with van der Waals surface area (Å²) < 4.78 is 18.2. The molecule has 0 aliphatic heterocycles. The van der Waals surface area contributed by atoms with Crippen LogP contribution in [-0.2, 0) is 0 Å². The van der Waals surface area contributed by atoms with Crippen LogP contribution in [-0.4, -0.2) is 19.2 Å². The van der Waals surface area contributed by atoms with Crippen LogP contribution in [0.3, 0.4) is 0 Å². The Morgan fingerprint density at radius 2 is 1.83 bits per heavy atom. The zero-order valence-electron chi connectivity index (χ0n) is 13.1. The number of amides is 2. The molecule has 0 heterocycles. The van der Waals surface area contributed by atoms with Crippen LogP contribution in [0.15, 0.2) is 54.6 Å². The van der Waals surface area contributed by atoms with E-state index in [1.807, 2.05) is 37.3 Å². The molecule has 5 heteroatoms. The summed E-state index contributed by atoms with van der Waals surface area (Å²) in [5.74, 6) is 0.330. The molecule has 23 heavy (non-hydrogen) atoms. The zero-order valence-corrected chi connectivity index (χ0v) is 13.1. The molecule has 0 aliphatic rings. The molecular weight excluding hydrogens is 295 g/mol. The summed E-state index contributed by atoms with van der Waals surface area (Å²) in [6, 6.07) is 15.4. The fourth-order valence-electron chi connectivity index (χ4n) is 2.07. The minimum absolute atomic E-state index is 0.0494. The van der Waals surface area contributed by atoms with Crippen LogP contribution in [0.5, 0.6) is 5.75 Å². The summed E-state index contributed by atoms with van der Waals surface area (Å²) >= 11 is 0. The van der Waals surface area contributed by atoms with Gasteiger partial charge in [0, 0.05) is 6.54 Å². The second kappa shape index (κ2) is 8.78. The molecule has 0 bridgehead atoms. The van der Waals surface area contributed by atoms with Gasteiger partial charge in [0.2, 0.25) is 0 Å². The van der Waals surface area contributed by atoms with E-state index in [0.29, 0.717) is 25.3 Å². The number of carbonyl (C=O) groups is 1. The average molecular weight is 316 g/mol. The van der Waals surface area contributed by atoms with Crippen LogP contribution in [0.1, 0.15) is 24.9 Å². The molecule has 0 aliphatic carbocycles. The monoisotopic (exact) mass is 316 g/mol. The van der Waals surface area contributed by atoms with E-state index < -0.39 is 0 Å². The third-order valence-corrected chi connectivity index (χ3v) is 3.34. The van der Waals surface area contributed by atoms with Crippen molar-refractivity contribution in [3.63, 3.8) is 0 Å². The van der Waals surface area contributed by atoms with Crippen LogP contribution >= 0.6 is 0 Å². The van der Waals surface area contributed by atoms with Crippen LogP contribution in [0, 0.1) is 5.82 Å². The van der Waals surface area contributed by atoms with Gasteiger partial charge in [0.1, 0.15) is 11.6 Å². The van der Waals surface area contributed by atoms with Gasteiger partial charge in [-0.1, -0.05) is 30.3 Å². The van der Waals surface area contributed by atoms with E-state index in [-0.39, 0.29) is 17.9 Å². The number of ether oxygens (including phenoxy) is 1. The lowest BCUT2D eigenvalue weighted by Crippen LogP contribution is -2.37. The number of carbonyl (C=O) groups excluding carboxylic acids is 1. The number of nitrogens with one attached hydrogen (secondary N) is 2. The van der Waals surface area contributed by atoms with E-state index in [1.165, 1.54) is 12.1 Å². The average Bonchev–Trinajstić information content (AvgIpc) is 2.57. The van der Waals surface area contributed by atoms with Crippen molar-refractivity contribution in [3.8, 4) is 5.75 Å². The molecule has 1 atom stereocenters. The largest absolute Gasteiger partial charge is 0.494 e. The van der Waals surface area contributed by atoms with Crippen molar-refractivity contribution >= 4 is 6.03 Å². The predicted molar refractivity (Wildman–Crippen MR) is 87.9 cm³/mol. The standard InChI is InChI=1S/C18H21FN2O2/c1-14(15-6-3-2-4-7-15)21-18(22)20-12-5-13-23-17-10-8-16(19)9-11-17/h2-4,6-11,14H,5,12-13H2,1H3,(H2,20,21,22). The highest BCUT2D eigenvalue weighted by Gasteiger charge is 2.08. The Kier molecular flexibility index (Phi) is 6.41. The van der Waals surface area contributed by atoms with E-state index in [1.54, 1.807) is 12.1 Å². The maximum absolute atomic E-state index is 12.7. The zero-order chi connectivity index (χ0) is 16.5. The molecule has 0 spiro atoms. The number of halogens is 1. The Morgan fingerprint density at radius 3 is 2.52 bits per heavy atom. The Hall–Kier alpha value is -2.56. The molecule has 2 N–H and O–H groups in total. The quantitative estimate of drug-likeness (QED) is 0.766. The Balaban J connectivity index is 1.60. The van der Waals surface area contributed by atoms with Crippen molar-refractivity contribution in [2.45, 2.75) is 19.4 Å². The van der Waals surface area contributed by atoms with Gasteiger partial charge in [0.15, 0.2) is 0 Å². The summed E-state index contributed by atoms with van der Waals surface area (Å²) in [7, 11) is 0. The summed E-state index contributed by atoms with van der Waals surface area (Å²) in [4.78, 5) is 11.8. The van der Waals surface area contributed by atoms with Crippen molar-refractivity contribution in [1.29, 1.82) is 0 Å². The SMILES string of the molecule is CC(NC(=O)NCCCOc1ccc(F)cc1)c1ccccc1. The van der Waals surface area contributed by atoms with Crippen molar-refractivity contribution in [2.75, 3.05) is 13.2 Å². The molecular formula is C18H21FN2O2. The summed E-state index contributed by atoms with van der Waals surface area (Å²) in [6.45, 7) is 2.90. The molecule has 0 saturated carbocycles. The summed E-state index contributed by atoms with van der Waals surface area (Å²) in [5, 5.41) is 5.67. The lowest BCUT2D eigenvalue weighted by Gasteiger charge is -2.15. The van der Waals surface area contributed by atoms with Crippen LogP contribution < -0.4 is 15.4 Å². The summed E-state index contributed by atoms with van der Waals surface area (Å²) in [5.41, 5.74) is 1.06. The topological polar surface area (TPSA) is 50.4 Å². The second-order valence-corrected chi connectivity index (χ2v) is 5.19. The molecule has 2 rings (SSSR count). The fraction of sp³-hybridized carbons (Fsp3) is 0.278. The van der Waals surface area contributed by atoms with E-state index >= 15 is 0 Å². The van der Waals surface area contributed by atoms with Gasteiger partial charge in [-0.2, -0.15) is 0 Å². The highest BCUT2D eigenvalue weighted by molar-refractivity contribution is 5.74. The number of urea groups is 1. The van der Waals surface area contributed by atoms with Crippen molar-refractivity contribution in [2.24, 2.45) is 0 Å². The van der Waals surface area contributed by atoms with Crippen LogP contribution in [0.2, 0.25) is 0 Å². The van der Waals surface area contributed by atoms with Gasteiger partial charge in [0.25, 0.3) is 0 Å². The van der Waals surface area contributed by atoms with Crippen molar-refractivity contribution in [1.82, 2.24) is 10.6 Å². The molecule has 2 aromatic rings. The Morgan fingerprint density at radius 1 is 1.13 bits per heavy atom. The van der Waals surface area contributed by atoms with Crippen LogP contribution in [0.25, 0.3) is 0 Å². The Labute approximate surface area is 135 Å². The van der Waals surface area contributed by atoms with E-state index in [0.717, 1.165) is 5.56 Å². The van der Waals surface area contributed by atoms with Gasteiger partial charge in [-0.25, -0.2) is 9.18 Å². The molecule has 122 valence electrons. The molecule has 0 fully saturated rings. The van der Waals surface area contributed by atoms with Gasteiger partial charge in [-0.05, 0) is 43.2 Å².